The van der Waals surface area contributed by atoms with Gasteiger partial charge in [0.05, 0.1) is 10.6 Å². The highest BCUT2D eigenvalue weighted by molar-refractivity contribution is 7.91. The molecule has 3 rings (SSSR count). The Labute approximate surface area is 186 Å². The number of rotatable bonds is 6. The molecule has 1 heterocycles. The highest BCUT2D eigenvalue weighted by Gasteiger charge is 2.26. The van der Waals surface area contributed by atoms with Crippen molar-refractivity contribution in [2.45, 2.75) is 23.3 Å². The monoisotopic (exact) mass is 481 g/mol. The fraction of sp³-hybridized carbons (Fsp3) is 0.0909. The molecule has 1 aromatic heterocycles. The number of hydrogen-bond donors (Lipinski definition) is 1. The van der Waals surface area contributed by atoms with Crippen molar-refractivity contribution in [1.82, 2.24) is 4.98 Å². The lowest BCUT2D eigenvalue weighted by Crippen LogP contribution is -2.11. The van der Waals surface area contributed by atoms with Gasteiger partial charge in [0.25, 0.3) is 0 Å². The Morgan fingerprint density at radius 3 is 2.34 bits per heavy atom. The second-order valence-electron chi connectivity index (χ2n) is 6.81. The largest absolute Gasteiger partial charge is 0.478 e. The van der Waals surface area contributed by atoms with Crippen molar-refractivity contribution in [2.75, 3.05) is 0 Å². The molecule has 0 saturated carbocycles. The van der Waals surface area contributed by atoms with Gasteiger partial charge in [-0.1, -0.05) is 11.6 Å². The summed E-state index contributed by atoms with van der Waals surface area (Å²) in [6, 6.07) is 8.45. The first-order chi connectivity index (χ1) is 15.0. The average Bonchev–Trinajstić information content (AvgIpc) is 2.72. The molecule has 0 amide bonds. The van der Waals surface area contributed by atoms with Gasteiger partial charge in [-0.25, -0.2) is 31.4 Å². The molecule has 10 heteroatoms. The van der Waals surface area contributed by atoms with Crippen LogP contribution in [-0.4, -0.2) is 24.5 Å². The van der Waals surface area contributed by atoms with Crippen molar-refractivity contribution in [3.63, 3.8) is 0 Å². The van der Waals surface area contributed by atoms with Crippen LogP contribution in [0.1, 0.15) is 23.7 Å². The number of benzene rings is 2. The fourth-order valence-electron chi connectivity index (χ4n) is 2.86. The Kier molecular flexibility index (Phi) is 6.71. The third-order valence-corrected chi connectivity index (χ3v) is 6.45. The maximum absolute atomic E-state index is 14.8. The van der Waals surface area contributed by atoms with E-state index in [2.05, 4.69) is 4.98 Å². The number of aliphatic carboxylic acids is 1. The molecule has 0 radical (unpaired) electrons. The van der Waals surface area contributed by atoms with Crippen LogP contribution in [-0.2, 0) is 21.1 Å². The molecule has 1 N–H and O–H groups in total. The van der Waals surface area contributed by atoms with E-state index in [1.54, 1.807) is 0 Å². The standard InChI is InChI=1S/C22H15ClF3NO4S/c1-12(22(28)29)8-14-10-19(26)21(32(30,31)17-5-2-15(23)3-6-17)27-20(14)11-13-9-16(24)4-7-18(13)25/h2-10H,11H2,1H3,(H,28,29). The minimum absolute atomic E-state index is 0.0823. The Hall–Kier alpha value is -3.17. The molecule has 0 unspecified atom stereocenters. The van der Waals surface area contributed by atoms with Crippen LogP contribution in [0.25, 0.3) is 6.08 Å². The quantitative estimate of drug-likeness (QED) is 0.497. The SMILES string of the molecule is CC(=Cc1cc(F)c(S(=O)(=O)c2ccc(Cl)cc2)nc1Cc1cc(F)ccc1F)C(=O)O. The van der Waals surface area contributed by atoms with Gasteiger partial charge in [0.1, 0.15) is 11.6 Å². The zero-order valence-electron chi connectivity index (χ0n) is 16.4. The average molecular weight is 482 g/mol. The maximum Gasteiger partial charge on any atom is 0.331 e. The van der Waals surface area contributed by atoms with Crippen LogP contribution in [0.2, 0.25) is 5.02 Å². The summed E-state index contributed by atoms with van der Waals surface area (Å²) in [5.74, 6) is -4.06. The molecule has 0 aliphatic carbocycles. The number of halogens is 4. The molecule has 0 aliphatic rings. The van der Waals surface area contributed by atoms with E-state index in [9.17, 15) is 26.4 Å². The maximum atomic E-state index is 14.8. The van der Waals surface area contributed by atoms with Crippen LogP contribution in [0.4, 0.5) is 13.2 Å². The molecule has 5 nitrogen and oxygen atoms in total. The molecule has 3 aromatic rings. The molecule has 0 spiro atoms. The second kappa shape index (κ2) is 9.13. The van der Waals surface area contributed by atoms with Crippen molar-refractivity contribution in [1.29, 1.82) is 0 Å². The number of pyridine rings is 1. The van der Waals surface area contributed by atoms with Gasteiger partial charge in [-0.3, -0.25) is 0 Å². The summed E-state index contributed by atoms with van der Waals surface area (Å²) in [7, 11) is -4.43. The van der Waals surface area contributed by atoms with Gasteiger partial charge in [-0.15, -0.1) is 0 Å². The first-order valence-corrected chi connectivity index (χ1v) is 10.9. The number of carbonyl (C=O) groups is 1. The Balaban J connectivity index is 2.22. The predicted octanol–water partition coefficient (Wildman–Crippen LogP) is 5.06. The number of carboxylic acids is 1. The lowest BCUT2D eigenvalue weighted by Gasteiger charge is -2.12. The van der Waals surface area contributed by atoms with Crippen molar-refractivity contribution < 1.29 is 31.5 Å². The smallest absolute Gasteiger partial charge is 0.331 e. The molecule has 0 aliphatic heterocycles. The van der Waals surface area contributed by atoms with Crippen LogP contribution in [0, 0.1) is 17.5 Å². The molecular weight excluding hydrogens is 467 g/mol. The Morgan fingerprint density at radius 1 is 1.06 bits per heavy atom. The molecule has 0 fully saturated rings. The van der Waals surface area contributed by atoms with Crippen LogP contribution in [0.15, 0.2) is 64.0 Å². The van der Waals surface area contributed by atoms with Gasteiger partial charge < -0.3 is 5.11 Å². The predicted molar refractivity (Wildman–Crippen MR) is 112 cm³/mol. The van der Waals surface area contributed by atoms with Gasteiger partial charge in [0.15, 0.2) is 10.8 Å². The number of aromatic nitrogens is 1. The van der Waals surface area contributed by atoms with E-state index in [0.717, 1.165) is 30.3 Å². The van der Waals surface area contributed by atoms with Gasteiger partial charge in [0.2, 0.25) is 9.84 Å². The van der Waals surface area contributed by atoms with E-state index >= 15 is 0 Å². The van der Waals surface area contributed by atoms with Gasteiger partial charge in [0, 0.05) is 17.0 Å². The molecular formula is C22H15ClF3NO4S. The first kappa shape index (κ1) is 23.5. The number of sulfone groups is 1. The summed E-state index contributed by atoms with van der Waals surface area (Å²) >= 11 is 5.77. The summed E-state index contributed by atoms with van der Waals surface area (Å²) in [6.07, 6.45) is 0.662. The zero-order valence-corrected chi connectivity index (χ0v) is 18.0. The highest BCUT2D eigenvalue weighted by atomic mass is 35.5. The summed E-state index contributed by atoms with van der Waals surface area (Å²) in [6.45, 7) is 1.24. The van der Waals surface area contributed by atoms with E-state index in [-0.39, 0.29) is 32.3 Å². The summed E-state index contributed by atoms with van der Waals surface area (Å²) in [5, 5.41) is 8.46. The third-order valence-electron chi connectivity index (χ3n) is 4.51. The van der Waals surface area contributed by atoms with E-state index in [1.807, 2.05) is 0 Å². The molecule has 0 saturated heterocycles. The van der Waals surface area contributed by atoms with Crippen LogP contribution in [0.5, 0.6) is 0 Å². The van der Waals surface area contributed by atoms with E-state index < -0.39 is 44.7 Å². The minimum atomic E-state index is -4.43. The van der Waals surface area contributed by atoms with E-state index in [1.165, 1.54) is 31.2 Å². The van der Waals surface area contributed by atoms with Crippen LogP contribution < -0.4 is 0 Å². The lowest BCUT2D eigenvalue weighted by atomic mass is 10.0. The topological polar surface area (TPSA) is 84.3 Å². The van der Waals surface area contributed by atoms with Crippen molar-refractivity contribution in [3.8, 4) is 0 Å². The molecule has 0 atom stereocenters. The Bertz CT molecular complexity index is 1340. The molecule has 32 heavy (non-hydrogen) atoms. The number of nitrogens with zero attached hydrogens (tertiary/aromatic N) is 1. The summed E-state index contributed by atoms with van der Waals surface area (Å²) < 4.78 is 68.5. The van der Waals surface area contributed by atoms with Gasteiger partial charge >= 0.3 is 5.97 Å². The van der Waals surface area contributed by atoms with E-state index in [0.29, 0.717) is 0 Å². The lowest BCUT2D eigenvalue weighted by molar-refractivity contribution is -0.132. The van der Waals surface area contributed by atoms with E-state index in [4.69, 9.17) is 16.7 Å². The third kappa shape index (κ3) is 5.00. The van der Waals surface area contributed by atoms with Crippen LogP contribution in [0.3, 0.4) is 0 Å². The highest BCUT2D eigenvalue weighted by Crippen LogP contribution is 2.27. The summed E-state index contributed by atoms with van der Waals surface area (Å²) in [5.41, 5.74) is -0.591. The fourth-order valence-corrected chi connectivity index (χ4v) is 4.25. The van der Waals surface area contributed by atoms with Crippen molar-refractivity contribution >= 4 is 33.5 Å². The van der Waals surface area contributed by atoms with Gasteiger partial charge in [-0.2, -0.15) is 0 Å². The second-order valence-corrected chi connectivity index (χ2v) is 9.12. The molecule has 2 aromatic carbocycles. The van der Waals surface area contributed by atoms with Gasteiger partial charge in [-0.05, 0) is 72.7 Å². The normalized spacial score (nSPS) is 12.1. The van der Waals surface area contributed by atoms with Crippen molar-refractivity contribution in [3.05, 3.63) is 93.4 Å². The molecule has 0 bridgehead atoms. The Morgan fingerprint density at radius 2 is 1.72 bits per heavy atom. The molecule has 166 valence electrons. The minimum Gasteiger partial charge on any atom is -0.478 e. The van der Waals surface area contributed by atoms with Crippen molar-refractivity contribution in [2.24, 2.45) is 0 Å². The first-order valence-electron chi connectivity index (χ1n) is 9.04. The number of hydrogen-bond acceptors (Lipinski definition) is 4. The van der Waals surface area contributed by atoms with Crippen LogP contribution >= 0.6 is 11.6 Å². The zero-order chi connectivity index (χ0) is 23.6. The number of carboxylic acid groups (broad SMARTS) is 1. The summed E-state index contributed by atoms with van der Waals surface area (Å²) in [4.78, 5) is 14.8.